The van der Waals surface area contributed by atoms with Crippen LogP contribution < -0.4 is 20.7 Å². The first-order valence-electron chi connectivity index (χ1n) is 10.3. The van der Waals surface area contributed by atoms with Gasteiger partial charge in [0.15, 0.2) is 0 Å². The number of anilines is 3. The molecule has 4 rings (SSSR count). The second kappa shape index (κ2) is 9.38. The van der Waals surface area contributed by atoms with E-state index in [0.29, 0.717) is 36.0 Å². The van der Waals surface area contributed by atoms with Gasteiger partial charge >= 0.3 is 0 Å². The van der Waals surface area contributed by atoms with Crippen LogP contribution in [0.4, 0.5) is 17.3 Å². The molecule has 1 fully saturated rings. The Morgan fingerprint density at radius 1 is 1.32 bits per heavy atom. The molecule has 0 bridgehead atoms. The minimum absolute atomic E-state index is 0.0161. The Kier molecular flexibility index (Phi) is 6.41. The zero-order valence-corrected chi connectivity index (χ0v) is 18.0. The van der Waals surface area contributed by atoms with Crippen LogP contribution in [0.1, 0.15) is 24.8 Å². The average Bonchev–Trinajstić information content (AvgIpc) is 2.77. The fraction of sp³-hybridized carbons (Fsp3) is 0.429. The Morgan fingerprint density at radius 3 is 3.03 bits per heavy atom. The monoisotopic (exact) mass is 444 g/mol. The van der Waals surface area contributed by atoms with E-state index in [1.165, 1.54) is 6.33 Å². The third-order valence-electron chi connectivity index (χ3n) is 5.47. The number of methoxy groups -OCH3 is 1. The van der Waals surface area contributed by atoms with Crippen LogP contribution in [0.5, 0.6) is 5.75 Å². The number of hydrogen-bond acceptors (Lipinski definition) is 7. The molecule has 2 aromatic rings. The van der Waals surface area contributed by atoms with Gasteiger partial charge in [0.2, 0.25) is 11.8 Å². The Morgan fingerprint density at radius 2 is 2.19 bits per heavy atom. The Balaban J connectivity index is 1.36. The number of likely N-dealkylation sites (tertiary alicyclic amines) is 1. The number of nitrogens with zero attached hydrogens (tertiary/aromatic N) is 3. The number of ether oxygens (including phenoxy) is 1. The molecule has 31 heavy (non-hydrogen) atoms. The molecule has 0 radical (unpaired) electrons. The third-order valence-corrected chi connectivity index (χ3v) is 5.69. The summed E-state index contributed by atoms with van der Waals surface area (Å²) >= 11 is 6.09. The van der Waals surface area contributed by atoms with Gasteiger partial charge in [0.05, 0.1) is 13.7 Å². The lowest BCUT2D eigenvalue weighted by Gasteiger charge is -2.34. The van der Waals surface area contributed by atoms with Crippen LogP contribution >= 0.6 is 11.6 Å². The van der Waals surface area contributed by atoms with Crippen LogP contribution in [0.3, 0.4) is 0 Å². The first-order valence-corrected chi connectivity index (χ1v) is 10.7. The molecule has 2 aliphatic heterocycles. The quantitative estimate of drug-likeness (QED) is 0.628. The van der Waals surface area contributed by atoms with Crippen LogP contribution in [-0.4, -0.2) is 59.5 Å². The number of halogens is 1. The average molecular weight is 445 g/mol. The minimum atomic E-state index is -0.0311. The van der Waals surface area contributed by atoms with Crippen molar-refractivity contribution in [1.82, 2.24) is 14.9 Å². The molecule has 1 aromatic carbocycles. The standard InChI is InChI=1S/C21H25ClN6O3/c1-31-16-8-13(22)7-15(9-16)23-10-19(30)28-6-2-3-14(11-28)26-20-17-4-5-18(29)27-21(17)25-12-24-20/h7-9,12,14,23H,2-6,10-11H2,1H3,(H2,24,25,26,27,29). The van der Waals surface area contributed by atoms with Gasteiger partial charge in [-0.2, -0.15) is 0 Å². The van der Waals surface area contributed by atoms with Gasteiger partial charge in [0, 0.05) is 47.9 Å². The summed E-state index contributed by atoms with van der Waals surface area (Å²) in [6, 6.07) is 5.36. The summed E-state index contributed by atoms with van der Waals surface area (Å²) in [6.45, 7) is 1.48. The fourth-order valence-corrected chi connectivity index (χ4v) is 4.13. The topological polar surface area (TPSA) is 108 Å². The van der Waals surface area contributed by atoms with Crippen molar-refractivity contribution in [2.75, 3.05) is 42.7 Å². The van der Waals surface area contributed by atoms with Crippen LogP contribution in [-0.2, 0) is 16.0 Å². The zero-order valence-electron chi connectivity index (χ0n) is 17.3. The summed E-state index contributed by atoms with van der Waals surface area (Å²) in [5.74, 6) is 1.92. The smallest absolute Gasteiger partial charge is 0.241 e. The predicted molar refractivity (Wildman–Crippen MR) is 119 cm³/mol. The van der Waals surface area contributed by atoms with Gasteiger partial charge in [-0.3, -0.25) is 9.59 Å². The Bertz CT molecular complexity index is 986. The van der Waals surface area contributed by atoms with Crippen molar-refractivity contribution >= 4 is 40.7 Å². The number of benzene rings is 1. The van der Waals surface area contributed by atoms with E-state index in [1.54, 1.807) is 25.3 Å². The van der Waals surface area contributed by atoms with Crippen LogP contribution in [0.2, 0.25) is 5.02 Å². The van der Waals surface area contributed by atoms with Gasteiger partial charge in [0.1, 0.15) is 23.7 Å². The summed E-state index contributed by atoms with van der Waals surface area (Å²) in [5, 5.41) is 9.91. The third kappa shape index (κ3) is 5.16. The van der Waals surface area contributed by atoms with Gasteiger partial charge in [0.25, 0.3) is 0 Å². The molecule has 0 saturated carbocycles. The molecule has 9 nitrogen and oxygen atoms in total. The number of carbonyl (C=O) groups is 2. The molecule has 3 heterocycles. The molecule has 0 aliphatic carbocycles. The van der Waals surface area contributed by atoms with Crippen molar-refractivity contribution in [2.24, 2.45) is 0 Å². The number of piperidine rings is 1. The summed E-state index contributed by atoms with van der Waals surface area (Å²) in [7, 11) is 1.57. The molecule has 1 atom stereocenters. The van der Waals surface area contributed by atoms with Crippen molar-refractivity contribution < 1.29 is 14.3 Å². The van der Waals surface area contributed by atoms with Crippen molar-refractivity contribution in [2.45, 2.75) is 31.7 Å². The first kappa shape index (κ1) is 21.2. The van der Waals surface area contributed by atoms with Gasteiger partial charge in [-0.15, -0.1) is 0 Å². The maximum atomic E-state index is 12.8. The van der Waals surface area contributed by atoms with E-state index in [0.717, 1.165) is 36.5 Å². The molecular weight excluding hydrogens is 420 g/mol. The zero-order chi connectivity index (χ0) is 21.8. The Hall–Kier alpha value is -3.07. The van der Waals surface area contributed by atoms with Crippen LogP contribution in [0.25, 0.3) is 0 Å². The summed E-state index contributed by atoms with van der Waals surface area (Å²) < 4.78 is 5.21. The lowest BCUT2D eigenvalue weighted by molar-refractivity contribution is -0.130. The van der Waals surface area contributed by atoms with Crippen LogP contribution in [0, 0.1) is 0 Å². The number of carbonyl (C=O) groups excluding carboxylic acids is 2. The lowest BCUT2D eigenvalue weighted by Crippen LogP contribution is -2.47. The van der Waals surface area contributed by atoms with E-state index >= 15 is 0 Å². The van der Waals surface area contributed by atoms with Crippen LogP contribution in [0.15, 0.2) is 24.5 Å². The second-order valence-corrected chi connectivity index (χ2v) is 8.09. The molecule has 2 amide bonds. The highest BCUT2D eigenvalue weighted by Crippen LogP contribution is 2.27. The number of aromatic nitrogens is 2. The highest BCUT2D eigenvalue weighted by Gasteiger charge is 2.26. The van der Waals surface area contributed by atoms with E-state index in [-0.39, 0.29) is 24.4 Å². The molecule has 1 saturated heterocycles. The number of amides is 2. The summed E-state index contributed by atoms with van der Waals surface area (Å²) in [4.78, 5) is 34.8. The number of rotatable bonds is 6. The lowest BCUT2D eigenvalue weighted by atomic mass is 10.0. The molecular formula is C21H25ClN6O3. The van der Waals surface area contributed by atoms with Gasteiger partial charge < -0.3 is 25.6 Å². The molecule has 2 aliphatic rings. The van der Waals surface area contributed by atoms with Gasteiger partial charge in [-0.05, 0) is 31.4 Å². The molecule has 10 heteroatoms. The van der Waals surface area contributed by atoms with E-state index in [1.807, 2.05) is 4.90 Å². The number of fused-ring (bicyclic) bond motifs is 1. The van der Waals surface area contributed by atoms with E-state index in [9.17, 15) is 9.59 Å². The van der Waals surface area contributed by atoms with E-state index in [2.05, 4.69) is 25.9 Å². The highest BCUT2D eigenvalue weighted by molar-refractivity contribution is 6.31. The minimum Gasteiger partial charge on any atom is -0.497 e. The van der Waals surface area contributed by atoms with Crippen molar-refractivity contribution in [1.29, 1.82) is 0 Å². The van der Waals surface area contributed by atoms with Gasteiger partial charge in [-0.1, -0.05) is 11.6 Å². The predicted octanol–water partition coefficient (Wildman–Crippen LogP) is 2.54. The SMILES string of the molecule is COc1cc(Cl)cc(NCC(=O)N2CCCC(Nc3ncnc4c3CCC(=O)N4)C2)c1. The van der Waals surface area contributed by atoms with E-state index < -0.39 is 0 Å². The van der Waals surface area contributed by atoms with Crippen molar-refractivity contribution in [3.05, 3.63) is 35.1 Å². The Labute approximate surface area is 185 Å². The fourth-order valence-electron chi connectivity index (χ4n) is 3.90. The van der Waals surface area contributed by atoms with Crippen molar-refractivity contribution in [3.63, 3.8) is 0 Å². The molecule has 1 unspecified atom stereocenters. The maximum absolute atomic E-state index is 12.8. The number of nitrogens with one attached hydrogen (secondary N) is 3. The van der Waals surface area contributed by atoms with E-state index in [4.69, 9.17) is 16.3 Å². The second-order valence-electron chi connectivity index (χ2n) is 7.65. The summed E-state index contributed by atoms with van der Waals surface area (Å²) in [5.41, 5.74) is 1.65. The normalized spacial score (nSPS) is 18.1. The highest BCUT2D eigenvalue weighted by atomic mass is 35.5. The molecule has 164 valence electrons. The summed E-state index contributed by atoms with van der Waals surface area (Å²) in [6.07, 6.45) is 4.31. The largest absolute Gasteiger partial charge is 0.497 e. The van der Waals surface area contributed by atoms with Crippen molar-refractivity contribution in [3.8, 4) is 5.75 Å². The molecule has 1 aromatic heterocycles. The molecule has 3 N–H and O–H groups in total. The maximum Gasteiger partial charge on any atom is 0.241 e. The molecule has 0 spiro atoms. The van der Waals surface area contributed by atoms with Gasteiger partial charge in [-0.25, -0.2) is 9.97 Å². The first-order chi connectivity index (χ1) is 15.0. The number of hydrogen-bond donors (Lipinski definition) is 3.